The number of anilines is 1. The summed E-state index contributed by atoms with van der Waals surface area (Å²) in [7, 11) is -1.64. The molecule has 0 saturated carbocycles. The maximum Gasteiger partial charge on any atom is 0.416 e. The van der Waals surface area contributed by atoms with E-state index < -0.39 is 38.8 Å². The van der Waals surface area contributed by atoms with Crippen LogP contribution in [0.5, 0.6) is 0 Å². The standard InChI is InChI=1S/C16H17F3N2O4S2/c1-21(10-4-5-27(24,25)8-10)14(22)7-13-15(23)20-11-6-9(16(17,18)19)2-3-12(11)26-13/h2-3,6,10,13H,4-5,7-8H2,1H3,(H,20,23)/t10-,13-/m1/s1. The Balaban J connectivity index is 1.69. The van der Waals surface area contributed by atoms with Crippen LogP contribution in [0.3, 0.4) is 0 Å². The lowest BCUT2D eigenvalue weighted by Crippen LogP contribution is -2.41. The number of benzene rings is 1. The van der Waals surface area contributed by atoms with Gasteiger partial charge in [-0.25, -0.2) is 8.42 Å². The summed E-state index contributed by atoms with van der Waals surface area (Å²) >= 11 is 1.03. The van der Waals surface area contributed by atoms with Crippen molar-refractivity contribution in [3.8, 4) is 0 Å². The van der Waals surface area contributed by atoms with Gasteiger partial charge in [-0.05, 0) is 24.6 Å². The molecule has 2 aliphatic heterocycles. The van der Waals surface area contributed by atoms with Crippen LogP contribution in [0, 0.1) is 0 Å². The van der Waals surface area contributed by atoms with Crippen molar-refractivity contribution < 1.29 is 31.2 Å². The van der Waals surface area contributed by atoms with Gasteiger partial charge < -0.3 is 10.2 Å². The molecular weight excluding hydrogens is 405 g/mol. The molecule has 1 aromatic rings. The Labute approximate surface area is 158 Å². The van der Waals surface area contributed by atoms with Gasteiger partial charge in [-0.3, -0.25) is 9.59 Å². The number of fused-ring (bicyclic) bond motifs is 1. The van der Waals surface area contributed by atoms with Crippen molar-refractivity contribution in [1.29, 1.82) is 0 Å². The molecule has 27 heavy (non-hydrogen) atoms. The van der Waals surface area contributed by atoms with Crippen LogP contribution in [0.15, 0.2) is 23.1 Å². The molecule has 2 amide bonds. The molecule has 1 fully saturated rings. The van der Waals surface area contributed by atoms with E-state index in [0.29, 0.717) is 11.3 Å². The SMILES string of the molecule is CN(C(=O)C[C@H]1Sc2ccc(C(F)(F)F)cc2NC1=O)[C@@H]1CCS(=O)(=O)C1. The number of nitrogens with one attached hydrogen (secondary N) is 1. The molecule has 11 heteroatoms. The van der Waals surface area contributed by atoms with Crippen LogP contribution in [-0.2, 0) is 25.6 Å². The minimum atomic E-state index is -4.51. The molecule has 148 valence electrons. The van der Waals surface area contributed by atoms with Crippen LogP contribution in [0.1, 0.15) is 18.4 Å². The van der Waals surface area contributed by atoms with E-state index in [4.69, 9.17) is 0 Å². The molecule has 1 aromatic carbocycles. The summed E-state index contributed by atoms with van der Waals surface area (Å²) in [5.41, 5.74) is -0.794. The van der Waals surface area contributed by atoms with E-state index in [1.807, 2.05) is 0 Å². The van der Waals surface area contributed by atoms with Gasteiger partial charge in [0.05, 0.1) is 28.0 Å². The maximum atomic E-state index is 12.8. The highest BCUT2D eigenvalue weighted by atomic mass is 32.2. The summed E-state index contributed by atoms with van der Waals surface area (Å²) in [5.74, 6) is -0.988. The Morgan fingerprint density at radius 1 is 1.37 bits per heavy atom. The van der Waals surface area contributed by atoms with Gasteiger partial charge in [-0.1, -0.05) is 0 Å². The molecular formula is C16H17F3N2O4S2. The van der Waals surface area contributed by atoms with Gasteiger partial charge in [0.25, 0.3) is 0 Å². The number of rotatable bonds is 3. The second-order valence-electron chi connectivity index (χ2n) is 6.57. The summed E-state index contributed by atoms with van der Waals surface area (Å²) in [5, 5.41) is 1.63. The summed E-state index contributed by atoms with van der Waals surface area (Å²) in [4.78, 5) is 26.5. The highest BCUT2D eigenvalue weighted by molar-refractivity contribution is 8.01. The molecule has 0 unspecified atom stereocenters. The van der Waals surface area contributed by atoms with E-state index >= 15 is 0 Å². The summed E-state index contributed by atoms with van der Waals surface area (Å²) in [6, 6.07) is 2.65. The molecule has 1 N–H and O–H groups in total. The molecule has 0 radical (unpaired) electrons. The van der Waals surface area contributed by atoms with E-state index in [-0.39, 0.29) is 29.5 Å². The molecule has 2 atom stereocenters. The molecule has 0 aliphatic carbocycles. The molecule has 0 bridgehead atoms. The Morgan fingerprint density at radius 2 is 2.07 bits per heavy atom. The second-order valence-corrected chi connectivity index (χ2v) is 10.0. The topological polar surface area (TPSA) is 83.6 Å². The normalized spacial score (nSPS) is 24.2. The van der Waals surface area contributed by atoms with Crippen LogP contribution in [-0.4, -0.2) is 55.0 Å². The Bertz CT molecular complexity index is 886. The van der Waals surface area contributed by atoms with Crippen molar-refractivity contribution in [3.05, 3.63) is 23.8 Å². The van der Waals surface area contributed by atoms with Gasteiger partial charge in [-0.15, -0.1) is 11.8 Å². The first-order chi connectivity index (χ1) is 12.5. The number of hydrogen-bond donors (Lipinski definition) is 1. The van der Waals surface area contributed by atoms with Crippen LogP contribution in [0.25, 0.3) is 0 Å². The summed E-state index contributed by atoms with van der Waals surface area (Å²) < 4.78 is 61.5. The lowest BCUT2D eigenvalue weighted by Gasteiger charge is -2.28. The lowest BCUT2D eigenvalue weighted by molar-refractivity contribution is -0.137. The number of alkyl halides is 3. The van der Waals surface area contributed by atoms with E-state index in [1.54, 1.807) is 0 Å². The number of hydrogen-bond acceptors (Lipinski definition) is 5. The largest absolute Gasteiger partial charge is 0.416 e. The number of halogens is 3. The van der Waals surface area contributed by atoms with Gasteiger partial charge in [0.2, 0.25) is 11.8 Å². The predicted octanol–water partition coefficient (Wildman–Crippen LogP) is 2.15. The molecule has 1 saturated heterocycles. The third kappa shape index (κ3) is 4.40. The number of sulfone groups is 1. The number of carbonyl (C=O) groups is 2. The minimum absolute atomic E-state index is 0.0306. The first kappa shape index (κ1) is 20.0. The number of carbonyl (C=O) groups excluding carboxylic acids is 2. The fraction of sp³-hybridized carbons (Fsp3) is 0.500. The summed E-state index contributed by atoms with van der Waals surface area (Å²) in [6.45, 7) is 0. The smallest absolute Gasteiger partial charge is 0.342 e. The van der Waals surface area contributed by atoms with Crippen molar-refractivity contribution >= 4 is 39.1 Å². The van der Waals surface area contributed by atoms with Gasteiger partial charge in [0, 0.05) is 24.4 Å². The van der Waals surface area contributed by atoms with Crippen molar-refractivity contribution in [1.82, 2.24) is 4.90 Å². The monoisotopic (exact) mass is 422 g/mol. The highest BCUT2D eigenvalue weighted by Crippen LogP contribution is 2.40. The number of nitrogens with zero attached hydrogens (tertiary/aromatic N) is 1. The van der Waals surface area contributed by atoms with Gasteiger partial charge in [-0.2, -0.15) is 13.2 Å². The van der Waals surface area contributed by atoms with Gasteiger partial charge in [0.15, 0.2) is 9.84 Å². The maximum absolute atomic E-state index is 12.8. The van der Waals surface area contributed by atoms with Crippen molar-refractivity contribution in [3.63, 3.8) is 0 Å². The number of amides is 2. The van der Waals surface area contributed by atoms with E-state index in [9.17, 15) is 31.2 Å². The molecule has 3 rings (SSSR count). The molecule has 0 aromatic heterocycles. The average Bonchev–Trinajstić information content (AvgIpc) is 2.93. The van der Waals surface area contributed by atoms with Gasteiger partial charge >= 0.3 is 6.18 Å². The zero-order chi connectivity index (χ0) is 20.0. The Morgan fingerprint density at radius 3 is 2.67 bits per heavy atom. The molecule has 6 nitrogen and oxygen atoms in total. The fourth-order valence-electron chi connectivity index (χ4n) is 3.05. The van der Waals surface area contributed by atoms with Crippen LogP contribution >= 0.6 is 11.8 Å². The first-order valence-electron chi connectivity index (χ1n) is 8.11. The zero-order valence-corrected chi connectivity index (χ0v) is 15.9. The Kier molecular flexibility index (Phi) is 5.19. The quantitative estimate of drug-likeness (QED) is 0.807. The highest BCUT2D eigenvalue weighted by Gasteiger charge is 2.37. The fourth-order valence-corrected chi connectivity index (χ4v) is 5.90. The van der Waals surface area contributed by atoms with Crippen molar-refractivity contribution in [2.75, 3.05) is 23.9 Å². The van der Waals surface area contributed by atoms with Crippen molar-refractivity contribution in [2.45, 2.75) is 35.2 Å². The van der Waals surface area contributed by atoms with Gasteiger partial charge in [0.1, 0.15) is 0 Å². The number of thioether (sulfide) groups is 1. The molecule has 2 heterocycles. The molecule has 0 spiro atoms. The van der Waals surface area contributed by atoms with Crippen molar-refractivity contribution in [2.24, 2.45) is 0 Å². The predicted molar refractivity (Wildman–Crippen MR) is 94.2 cm³/mol. The Hall–Kier alpha value is -1.75. The minimum Gasteiger partial charge on any atom is -0.342 e. The zero-order valence-electron chi connectivity index (χ0n) is 14.2. The van der Waals surface area contributed by atoms with E-state index in [0.717, 1.165) is 23.9 Å². The third-order valence-corrected chi connectivity index (χ3v) is 7.66. The first-order valence-corrected chi connectivity index (χ1v) is 10.8. The van der Waals surface area contributed by atoms with E-state index in [2.05, 4.69) is 5.32 Å². The molecule has 2 aliphatic rings. The van der Waals surface area contributed by atoms with E-state index in [1.165, 1.54) is 18.0 Å². The average molecular weight is 422 g/mol. The van der Waals surface area contributed by atoms with Crippen LogP contribution in [0.2, 0.25) is 0 Å². The summed E-state index contributed by atoms with van der Waals surface area (Å²) in [6.07, 6.45) is -4.32. The third-order valence-electron chi connectivity index (χ3n) is 4.64. The van der Waals surface area contributed by atoms with Crippen LogP contribution in [0.4, 0.5) is 18.9 Å². The second kappa shape index (κ2) is 7.01. The van der Waals surface area contributed by atoms with Crippen LogP contribution < -0.4 is 5.32 Å². The lowest BCUT2D eigenvalue weighted by atomic mass is 10.1.